The number of ether oxygens (including phenoxy) is 4. The van der Waals surface area contributed by atoms with Gasteiger partial charge in [-0.15, -0.1) is 12.4 Å². The van der Waals surface area contributed by atoms with Gasteiger partial charge in [-0.1, -0.05) is 0 Å². The average molecular weight is 495 g/mol. The molecule has 0 atom stereocenters. The lowest BCUT2D eigenvalue weighted by atomic mass is 9.95. The number of aryl methyl sites for hydroxylation is 1. The third-order valence-corrected chi connectivity index (χ3v) is 5.84. The molecule has 2 aliphatic carbocycles. The Morgan fingerprint density at radius 1 is 1.12 bits per heavy atom. The number of hydrogen-bond donors (Lipinski definition) is 3. The Hall–Kier alpha value is -2.94. The molecule has 0 bridgehead atoms. The van der Waals surface area contributed by atoms with E-state index in [9.17, 15) is 4.79 Å². The average Bonchev–Trinajstić information content (AvgIpc) is 3.22. The van der Waals surface area contributed by atoms with Gasteiger partial charge >= 0.3 is 5.97 Å². The highest BCUT2D eigenvalue weighted by Crippen LogP contribution is 2.50. The number of guanidine groups is 1. The van der Waals surface area contributed by atoms with Gasteiger partial charge in [0.1, 0.15) is 0 Å². The minimum atomic E-state index is -0.181. The summed E-state index contributed by atoms with van der Waals surface area (Å²) in [4.78, 5) is 11.5. The summed E-state index contributed by atoms with van der Waals surface area (Å²) >= 11 is 0. The Labute approximate surface area is 207 Å². The van der Waals surface area contributed by atoms with Gasteiger partial charge in [-0.05, 0) is 74.6 Å². The third-order valence-electron chi connectivity index (χ3n) is 5.84. The van der Waals surface area contributed by atoms with Crippen LogP contribution in [-0.4, -0.2) is 45.1 Å². The number of esters is 1. The van der Waals surface area contributed by atoms with Crippen LogP contribution in [0.2, 0.25) is 0 Å². The number of hydrogen-bond acceptors (Lipinski definition) is 7. The van der Waals surface area contributed by atoms with Crippen molar-refractivity contribution in [2.45, 2.75) is 58.3 Å². The summed E-state index contributed by atoms with van der Waals surface area (Å²) in [7, 11) is 3.26. The van der Waals surface area contributed by atoms with Crippen molar-refractivity contribution in [3.05, 3.63) is 22.8 Å². The monoisotopic (exact) mass is 494 g/mol. The van der Waals surface area contributed by atoms with Crippen LogP contribution >= 0.6 is 12.4 Å². The first-order valence-corrected chi connectivity index (χ1v) is 11.5. The minimum absolute atomic E-state index is 0. The van der Waals surface area contributed by atoms with Crippen LogP contribution in [0.15, 0.2) is 16.7 Å². The summed E-state index contributed by atoms with van der Waals surface area (Å²) in [6.07, 6.45) is 6.17. The van der Waals surface area contributed by atoms with Crippen LogP contribution in [0.3, 0.4) is 0 Å². The van der Waals surface area contributed by atoms with Crippen LogP contribution in [0, 0.1) is 5.41 Å². The summed E-state index contributed by atoms with van der Waals surface area (Å²) in [5.41, 5.74) is 13.6. The predicted molar refractivity (Wildman–Crippen MR) is 134 cm³/mol. The number of carbonyl (C=O) groups is 1. The van der Waals surface area contributed by atoms with Crippen LogP contribution < -0.4 is 25.4 Å². The molecule has 10 heteroatoms. The molecule has 0 amide bonds. The fourth-order valence-electron chi connectivity index (χ4n) is 4.47. The number of carbonyl (C=O) groups excluding carboxylic acids is 1. The van der Waals surface area contributed by atoms with Crippen molar-refractivity contribution in [3.63, 3.8) is 0 Å². The molecule has 2 aliphatic rings. The van der Waals surface area contributed by atoms with E-state index in [-0.39, 0.29) is 24.3 Å². The van der Waals surface area contributed by atoms with E-state index in [1.807, 2.05) is 6.07 Å². The second-order valence-corrected chi connectivity index (χ2v) is 7.98. The molecule has 34 heavy (non-hydrogen) atoms. The van der Waals surface area contributed by atoms with E-state index >= 15 is 0 Å². The van der Waals surface area contributed by atoms with Gasteiger partial charge in [-0.3, -0.25) is 10.2 Å². The van der Waals surface area contributed by atoms with Gasteiger partial charge in [0, 0.05) is 12.0 Å². The first kappa shape index (κ1) is 27.3. The van der Waals surface area contributed by atoms with Gasteiger partial charge in [0.15, 0.2) is 11.5 Å². The number of nitrogens with one attached hydrogen (secondary N) is 2. The van der Waals surface area contributed by atoms with Crippen LogP contribution in [0.1, 0.15) is 63.0 Å². The fourth-order valence-corrected chi connectivity index (χ4v) is 4.47. The number of unbranched alkanes of at least 4 members (excludes halogenated alkanes) is 1. The summed E-state index contributed by atoms with van der Waals surface area (Å²) < 4.78 is 22.6. The molecule has 4 N–H and O–H groups in total. The summed E-state index contributed by atoms with van der Waals surface area (Å²) in [5.74, 6) is 1.52. The van der Waals surface area contributed by atoms with E-state index in [4.69, 9.17) is 30.1 Å². The molecule has 0 radical (unpaired) electrons. The molecule has 0 aliphatic heterocycles. The van der Waals surface area contributed by atoms with Crippen molar-refractivity contribution >= 4 is 35.6 Å². The number of benzene rings is 1. The third kappa shape index (κ3) is 6.34. The number of nitrogens with zero attached hydrogens (tertiary/aromatic N) is 1. The van der Waals surface area contributed by atoms with E-state index in [2.05, 4.69) is 10.5 Å². The zero-order valence-electron chi connectivity index (χ0n) is 20.1. The zero-order valence-corrected chi connectivity index (χ0v) is 20.9. The van der Waals surface area contributed by atoms with Gasteiger partial charge in [0.25, 0.3) is 0 Å². The first-order valence-electron chi connectivity index (χ1n) is 11.5. The maximum Gasteiger partial charge on any atom is 0.305 e. The lowest BCUT2D eigenvalue weighted by Crippen LogP contribution is -2.27. The lowest BCUT2D eigenvalue weighted by Gasteiger charge is -2.20. The number of rotatable bonds is 10. The predicted octanol–water partition coefficient (Wildman–Crippen LogP) is 3.96. The maximum absolute atomic E-state index is 11.5. The molecule has 0 unspecified atom stereocenters. The molecule has 0 fully saturated rings. The van der Waals surface area contributed by atoms with Crippen molar-refractivity contribution < 1.29 is 23.7 Å². The number of nitrogens with two attached hydrogens (primary N) is 1. The molecular formula is C24H35ClN4O5. The Morgan fingerprint density at radius 3 is 2.53 bits per heavy atom. The van der Waals surface area contributed by atoms with Crippen molar-refractivity contribution in [3.8, 4) is 17.2 Å². The van der Waals surface area contributed by atoms with Crippen molar-refractivity contribution in [2.24, 2.45) is 10.8 Å². The van der Waals surface area contributed by atoms with E-state index in [0.29, 0.717) is 43.3 Å². The summed E-state index contributed by atoms with van der Waals surface area (Å²) in [6.45, 7) is 2.66. The molecule has 0 saturated carbocycles. The molecule has 1 aromatic carbocycles. The highest BCUT2D eigenvalue weighted by molar-refractivity contribution is 6.09. The topological polar surface area (TPSA) is 128 Å². The fraction of sp³-hybridized carbons (Fsp3) is 0.542. The second-order valence-electron chi connectivity index (χ2n) is 7.98. The van der Waals surface area contributed by atoms with Crippen LogP contribution in [0.5, 0.6) is 17.2 Å². The first-order chi connectivity index (χ1) is 16.0. The van der Waals surface area contributed by atoms with Crippen LogP contribution in [0.4, 0.5) is 0 Å². The molecular weight excluding hydrogens is 460 g/mol. The number of halogens is 1. The standard InChI is InChI=1S/C24H34N4O5.ClH/c1-4-32-20(29)10-5-6-13-33-19-14-15-11-12-18(27-28-24(25)26)16-8-7-9-17(16)21(15)23(31-3)22(19)30-2;/h14H,4-13H2,1-3H3,(H4,25,26,28);1H. The van der Waals surface area contributed by atoms with Crippen LogP contribution in [0.25, 0.3) is 5.57 Å². The second kappa shape index (κ2) is 13.1. The molecule has 1 aromatic rings. The van der Waals surface area contributed by atoms with Crippen LogP contribution in [-0.2, 0) is 16.0 Å². The summed E-state index contributed by atoms with van der Waals surface area (Å²) in [5, 5.41) is 11.8. The Balaban J connectivity index is 0.00000408. The molecule has 188 valence electrons. The quantitative estimate of drug-likeness (QED) is 0.147. The number of hydrazone groups is 1. The molecule has 0 aromatic heterocycles. The Bertz CT molecular complexity index is 961. The molecule has 9 nitrogen and oxygen atoms in total. The number of fused-ring (bicyclic) bond motifs is 2. The van der Waals surface area contributed by atoms with Crippen molar-refractivity contribution in [1.82, 2.24) is 5.43 Å². The van der Waals surface area contributed by atoms with Crippen molar-refractivity contribution in [2.75, 3.05) is 27.4 Å². The van der Waals surface area contributed by atoms with Gasteiger partial charge in [0.05, 0.1) is 33.1 Å². The zero-order chi connectivity index (χ0) is 23.8. The molecule has 3 rings (SSSR count). The lowest BCUT2D eigenvalue weighted by molar-refractivity contribution is -0.143. The number of allylic oxidation sites excluding steroid dienone is 2. The Kier molecular flexibility index (Phi) is 10.5. The molecule has 0 heterocycles. The van der Waals surface area contributed by atoms with E-state index in [0.717, 1.165) is 55.4 Å². The minimum Gasteiger partial charge on any atom is -0.492 e. The van der Waals surface area contributed by atoms with Gasteiger partial charge in [0.2, 0.25) is 11.7 Å². The van der Waals surface area contributed by atoms with E-state index in [1.165, 1.54) is 11.1 Å². The summed E-state index contributed by atoms with van der Waals surface area (Å²) in [6, 6.07) is 2.03. The van der Waals surface area contributed by atoms with Gasteiger partial charge < -0.3 is 24.7 Å². The molecule has 0 saturated heterocycles. The normalized spacial score (nSPS) is 15.6. The van der Waals surface area contributed by atoms with Gasteiger partial charge in [-0.2, -0.15) is 5.10 Å². The maximum atomic E-state index is 11.5. The Morgan fingerprint density at radius 2 is 1.85 bits per heavy atom. The molecule has 0 spiro atoms. The smallest absolute Gasteiger partial charge is 0.305 e. The largest absolute Gasteiger partial charge is 0.492 e. The number of methoxy groups -OCH3 is 2. The highest BCUT2D eigenvalue weighted by atomic mass is 35.5. The van der Waals surface area contributed by atoms with Crippen molar-refractivity contribution in [1.29, 1.82) is 5.41 Å². The highest BCUT2D eigenvalue weighted by Gasteiger charge is 2.31. The SMILES string of the molecule is CCOC(=O)CCCCOc1cc2c(c(OC)c1OC)C1=C(CCC1)C(=NNC(=N)N)CC2.Cl. The van der Waals surface area contributed by atoms with Gasteiger partial charge in [-0.25, -0.2) is 5.43 Å². The van der Waals surface area contributed by atoms with E-state index in [1.54, 1.807) is 21.1 Å². The van der Waals surface area contributed by atoms with E-state index < -0.39 is 0 Å².